The minimum atomic E-state index is -0.510. The van der Waals surface area contributed by atoms with Crippen molar-refractivity contribution in [3.63, 3.8) is 0 Å². The van der Waals surface area contributed by atoms with Gasteiger partial charge in [0, 0.05) is 26.1 Å². The topological polar surface area (TPSA) is 93.3 Å². The average molecular weight is 269 g/mol. The molecule has 0 radical (unpaired) electrons. The van der Waals surface area contributed by atoms with Gasteiger partial charge in [-0.15, -0.1) is 0 Å². The molecule has 0 spiro atoms. The Kier molecular flexibility index (Phi) is 5.94. The number of aromatic nitrogens is 2. The molecule has 0 aliphatic rings. The Hall–Kier alpha value is -1.96. The summed E-state index contributed by atoms with van der Waals surface area (Å²) in [6.45, 7) is 4.72. The number of amides is 1. The SMILES string of the molecule is CCN(C)CCNC(=O)CCn1cc([N+](=O)[O-])cn1. The van der Waals surface area contributed by atoms with E-state index in [1.54, 1.807) is 0 Å². The number of hydrogen-bond acceptors (Lipinski definition) is 5. The molecule has 1 rings (SSSR count). The highest BCUT2D eigenvalue weighted by atomic mass is 16.6. The largest absolute Gasteiger partial charge is 0.355 e. The van der Waals surface area contributed by atoms with Gasteiger partial charge >= 0.3 is 5.69 Å². The number of rotatable bonds is 8. The van der Waals surface area contributed by atoms with E-state index in [1.807, 2.05) is 14.0 Å². The summed E-state index contributed by atoms with van der Waals surface area (Å²) < 4.78 is 1.40. The number of nitrogens with zero attached hydrogens (tertiary/aromatic N) is 4. The van der Waals surface area contributed by atoms with Crippen LogP contribution < -0.4 is 5.32 Å². The van der Waals surface area contributed by atoms with Crippen molar-refractivity contribution < 1.29 is 9.72 Å². The van der Waals surface area contributed by atoms with E-state index in [0.29, 0.717) is 13.1 Å². The Morgan fingerprint density at radius 2 is 2.37 bits per heavy atom. The van der Waals surface area contributed by atoms with Gasteiger partial charge in [0.05, 0.1) is 4.92 Å². The summed E-state index contributed by atoms with van der Waals surface area (Å²) in [5, 5.41) is 17.1. The number of likely N-dealkylation sites (N-methyl/N-ethyl adjacent to an activating group) is 1. The van der Waals surface area contributed by atoms with Crippen LogP contribution in [0, 0.1) is 10.1 Å². The smallest absolute Gasteiger partial charge is 0.306 e. The minimum Gasteiger partial charge on any atom is -0.355 e. The van der Waals surface area contributed by atoms with Crippen LogP contribution in [-0.2, 0) is 11.3 Å². The Morgan fingerprint density at radius 3 is 2.95 bits per heavy atom. The molecule has 0 saturated heterocycles. The number of hydrogen-bond donors (Lipinski definition) is 1. The van der Waals surface area contributed by atoms with E-state index in [-0.39, 0.29) is 18.0 Å². The molecule has 1 aromatic heterocycles. The molecule has 1 N–H and O–H groups in total. The maximum Gasteiger partial charge on any atom is 0.306 e. The summed E-state index contributed by atoms with van der Waals surface area (Å²) >= 11 is 0. The first-order valence-electron chi connectivity index (χ1n) is 6.15. The summed E-state index contributed by atoms with van der Waals surface area (Å²) in [6.07, 6.45) is 2.75. The van der Waals surface area contributed by atoms with Crippen molar-refractivity contribution in [3.8, 4) is 0 Å². The number of nitro groups is 1. The van der Waals surface area contributed by atoms with Gasteiger partial charge in [-0.3, -0.25) is 19.6 Å². The van der Waals surface area contributed by atoms with Crippen LogP contribution in [0.2, 0.25) is 0 Å². The lowest BCUT2D eigenvalue weighted by Crippen LogP contribution is -2.33. The Bertz CT molecular complexity index is 432. The van der Waals surface area contributed by atoms with Crippen molar-refractivity contribution >= 4 is 11.6 Å². The standard InChI is InChI=1S/C11H19N5O3/c1-3-14(2)7-5-12-11(17)4-6-15-9-10(8-13-15)16(18)19/h8-9H,3-7H2,1-2H3,(H,12,17). The molecule has 8 heteroatoms. The molecule has 0 fully saturated rings. The molecule has 0 atom stereocenters. The van der Waals surface area contributed by atoms with Crippen LogP contribution in [0.5, 0.6) is 0 Å². The van der Waals surface area contributed by atoms with Crippen LogP contribution in [0.3, 0.4) is 0 Å². The van der Waals surface area contributed by atoms with Crippen LogP contribution in [0.1, 0.15) is 13.3 Å². The lowest BCUT2D eigenvalue weighted by Gasteiger charge is -2.13. The molecule has 0 aromatic carbocycles. The summed E-state index contributed by atoms with van der Waals surface area (Å²) in [6, 6.07) is 0. The van der Waals surface area contributed by atoms with Crippen molar-refractivity contribution in [2.45, 2.75) is 19.9 Å². The van der Waals surface area contributed by atoms with E-state index < -0.39 is 4.92 Å². The number of carbonyl (C=O) groups excluding carboxylic acids is 1. The van der Waals surface area contributed by atoms with Crippen LogP contribution in [0.15, 0.2) is 12.4 Å². The first-order chi connectivity index (χ1) is 9.02. The van der Waals surface area contributed by atoms with Crippen molar-refractivity contribution in [1.29, 1.82) is 0 Å². The molecule has 0 aliphatic carbocycles. The van der Waals surface area contributed by atoms with E-state index in [9.17, 15) is 14.9 Å². The molecule has 1 amide bonds. The fraction of sp³-hybridized carbons (Fsp3) is 0.636. The predicted molar refractivity (Wildman–Crippen MR) is 69.7 cm³/mol. The number of nitrogens with one attached hydrogen (secondary N) is 1. The van der Waals surface area contributed by atoms with Gasteiger partial charge < -0.3 is 10.2 Å². The van der Waals surface area contributed by atoms with Gasteiger partial charge in [0.1, 0.15) is 12.4 Å². The second-order valence-corrected chi connectivity index (χ2v) is 4.21. The van der Waals surface area contributed by atoms with Crippen LogP contribution in [-0.4, -0.2) is 52.2 Å². The predicted octanol–water partition coefficient (Wildman–Crippen LogP) is 0.249. The van der Waals surface area contributed by atoms with Gasteiger partial charge in [0.25, 0.3) is 0 Å². The first-order valence-corrected chi connectivity index (χ1v) is 6.15. The second-order valence-electron chi connectivity index (χ2n) is 4.21. The molecular formula is C11H19N5O3. The summed E-state index contributed by atoms with van der Waals surface area (Å²) in [7, 11) is 1.98. The number of aryl methyl sites for hydroxylation is 1. The minimum absolute atomic E-state index is 0.0648. The van der Waals surface area contributed by atoms with Crippen molar-refractivity contribution in [2.75, 3.05) is 26.7 Å². The molecule has 0 aliphatic heterocycles. The van der Waals surface area contributed by atoms with E-state index >= 15 is 0 Å². The zero-order chi connectivity index (χ0) is 14.3. The zero-order valence-electron chi connectivity index (χ0n) is 11.2. The third-order valence-corrected chi connectivity index (χ3v) is 2.75. The molecular weight excluding hydrogens is 250 g/mol. The zero-order valence-corrected chi connectivity index (χ0v) is 11.2. The summed E-state index contributed by atoms with van der Waals surface area (Å²) in [4.78, 5) is 23.6. The van der Waals surface area contributed by atoms with E-state index in [2.05, 4.69) is 15.3 Å². The van der Waals surface area contributed by atoms with E-state index in [1.165, 1.54) is 17.1 Å². The molecule has 0 unspecified atom stereocenters. The Balaban J connectivity index is 2.24. The quantitative estimate of drug-likeness (QED) is 0.539. The molecule has 19 heavy (non-hydrogen) atoms. The van der Waals surface area contributed by atoms with Gasteiger partial charge in [-0.2, -0.15) is 5.10 Å². The fourth-order valence-corrected chi connectivity index (χ4v) is 1.42. The highest BCUT2D eigenvalue weighted by Crippen LogP contribution is 2.07. The Labute approximate surface area is 111 Å². The molecule has 8 nitrogen and oxygen atoms in total. The average Bonchev–Trinajstić information content (AvgIpc) is 2.85. The maximum absolute atomic E-state index is 11.5. The monoisotopic (exact) mass is 269 g/mol. The molecule has 0 saturated carbocycles. The lowest BCUT2D eigenvalue weighted by atomic mass is 10.4. The summed E-state index contributed by atoms with van der Waals surface area (Å²) in [5.74, 6) is -0.0809. The van der Waals surface area contributed by atoms with Crippen molar-refractivity contribution in [2.24, 2.45) is 0 Å². The first kappa shape index (κ1) is 15.1. The van der Waals surface area contributed by atoms with Gasteiger partial charge in [0.2, 0.25) is 5.91 Å². The van der Waals surface area contributed by atoms with Crippen LogP contribution >= 0.6 is 0 Å². The molecule has 0 bridgehead atoms. The third-order valence-electron chi connectivity index (χ3n) is 2.75. The van der Waals surface area contributed by atoms with Gasteiger partial charge in [-0.1, -0.05) is 6.92 Å². The highest BCUT2D eigenvalue weighted by Gasteiger charge is 2.09. The highest BCUT2D eigenvalue weighted by molar-refractivity contribution is 5.75. The van der Waals surface area contributed by atoms with E-state index in [4.69, 9.17) is 0 Å². The second kappa shape index (κ2) is 7.47. The van der Waals surface area contributed by atoms with Gasteiger partial charge in [0.15, 0.2) is 0 Å². The van der Waals surface area contributed by atoms with Gasteiger partial charge in [-0.05, 0) is 13.6 Å². The van der Waals surface area contributed by atoms with Crippen molar-refractivity contribution in [1.82, 2.24) is 20.0 Å². The van der Waals surface area contributed by atoms with Gasteiger partial charge in [-0.25, -0.2) is 0 Å². The lowest BCUT2D eigenvalue weighted by molar-refractivity contribution is -0.385. The van der Waals surface area contributed by atoms with Crippen LogP contribution in [0.4, 0.5) is 5.69 Å². The summed E-state index contributed by atoms with van der Waals surface area (Å²) in [5.41, 5.74) is -0.0648. The fourth-order valence-electron chi connectivity index (χ4n) is 1.42. The number of carbonyl (C=O) groups is 1. The normalized spacial score (nSPS) is 10.7. The molecule has 106 valence electrons. The molecule has 1 aromatic rings. The maximum atomic E-state index is 11.5. The Morgan fingerprint density at radius 1 is 1.63 bits per heavy atom. The van der Waals surface area contributed by atoms with Crippen molar-refractivity contribution in [3.05, 3.63) is 22.5 Å². The third kappa shape index (κ3) is 5.47. The van der Waals surface area contributed by atoms with E-state index in [0.717, 1.165) is 13.1 Å². The molecule has 1 heterocycles. The van der Waals surface area contributed by atoms with Crippen LogP contribution in [0.25, 0.3) is 0 Å².